The van der Waals surface area contributed by atoms with Crippen LogP contribution in [-0.2, 0) is 11.2 Å². The second-order valence-corrected chi connectivity index (χ2v) is 6.65. The third-order valence-corrected chi connectivity index (χ3v) is 4.17. The van der Waals surface area contributed by atoms with Gasteiger partial charge in [0.1, 0.15) is 11.8 Å². The molecule has 0 aliphatic carbocycles. The zero-order valence-electron chi connectivity index (χ0n) is 16.4. The average molecular weight is 379 g/mol. The molecule has 0 saturated carbocycles. The molecule has 28 heavy (non-hydrogen) atoms. The molecule has 0 spiro atoms. The lowest BCUT2D eigenvalue weighted by Gasteiger charge is -2.22. The predicted octanol–water partition coefficient (Wildman–Crippen LogP) is 3.54. The van der Waals surface area contributed by atoms with Crippen LogP contribution in [0, 0.1) is 17.2 Å². The van der Waals surface area contributed by atoms with Crippen molar-refractivity contribution < 1.29 is 14.3 Å². The Kier molecular flexibility index (Phi) is 7.58. The summed E-state index contributed by atoms with van der Waals surface area (Å²) < 4.78 is 5.50. The maximum Gasteiger partial charge on any atom is 0.255 e. The van der Waals surface area contributed by atoms with E-state index in [2.05, 4.69) is 16.7 Å². The quantitative estimate of drug-likeness (QED) is 0.734. The molecule has 0 radical (unpaired) electrons. The maximum atomic E-state index is 12.7. The van der Waals surface area contributed by atoms with Crippen molar-refractivity contribution in [1.29, 1.82) is 5.26 Å². The molecule has 2 amide bonds. The van der Waals surface area contributed by atoms with Gasteiger partial charge in [-0.15, -0.1) is 0 Å². The van der Waals surface area contributed by atoms with Crippen LogP contribution >= 0.6 is 0 Å². The van der Waals surface area contributed by atoms with E-state index in [-0.39, 0.29) is 17.7 Å². The second-order valence-electron chi connectivity index (χ2n) is 6.65. The molecular weight excluding hydrogens is 354 g/mol. The molecule has 146 valence electrons. The van der Waals surface area contributed by atoms with E-state index in [4.69, 9.17) is 10.00 Å². The monoisotopic (exact) mass is 379 g/mol. The summed E-state index contributed by atoms with van der Waals surface area (Å²) in [5, 5.41) is 14.4. The Labute approximate surface area is 165 Å². The van der Waals surface area contributed by atoms with Crippen molar-refractivity contribution in [3.63, 3.8) is 0 Å². The summed E-state index contributed by atoms with van der Waals surface area (Å²) in [4.78, 5) is 25.5. The maximum absolute atomic E-state index is 12.7. The van der Waals surface area contributed by atoms with Gasteiger partial charge in [-0.3, -0.25) is 9.59 Å². The molecule has 0 aliphatic heterocycles. The van der Waals surface area contributed by atoms with Crippen LogP contribution in [0.3, 0.4) is 0 Å². The van der Waals surface area contributed by atoms with E-state index in [0.29, 0.717) is 30.0 Å². The summed E-state index contributed by atoms with van der Waals surface area (Å²) in [5.41, 5.74) is 1.88. The summed E-state index contributed by atoms with van der Waals surface area (Å²) in [6.07, 6.45) is 0.318. The highest BCUT2D eigenvalue weighted by Crippen LogP contribution is 2.19. The van der Waals surface area contributed by atoms with Gasteiger partial charge in [0.2, 0.25) is 5.91 Å². The van der Waals surface area contributed by atoms with Crippen LogP contribution in [0.1, 0.15) is 36.7 Å². The van der Waals surface area contributed by atoms with E-state index in [1.54, 1.807) is 48.5 Å². The fourth-order valence-electron chi connectivity index (χ4n) is 2.71. The minimum Gasteiger partial charge on any atom is -0.493 e. The fraction of sp³-hybridized carbons (Fsp3) is 0.318. The van der Waals surface area contributed by atoms with E-state index in [1.165, 1.54) is 0 Å². The summed E-state index contributed by atoms with van der Waals surface area (Å²) in [6, 6.07) is 15.4. The number of para-hydroxylation sites is 1. The number of benzene rings is 2. The number of carbonyl (C=O) groups excluding carboxylic acids is 2. The summed E-state index contributed by atoms with van der Waals surface area (Å²) in [5.74, 6) is -0.285. The molecular formula is C22H25N3O3. The molecule has 0 fully saturated rings. The number of ether oxygens (including phenoxy) is 1. The zero-order valence-corrected chi connectivity index (χ0v) is 16.4. The number of amides is 2. The van der Waals surface area contributed by atoms with E-state index in [0.717, 1.165) is 5.56 Å². The van der Waals surface area contributed by atoms with Crippen molar-refractivity contribution in [1.82, 2.24) is 5.32 Å². The zero-order chi connectivity index (χ0) is 20.5. The molecule has 0 unspecified atom stereocenters. The van der Waals surface area contributed by atoms with E-state index in [1.807, 2.05) is 20.8 Å². The first-order valence-corrected chi connectivity index (χ1v) is 9.25. The van der Waals surface area contributed by atoms with Gasteiger partial charge < -0.3 is 15.4 Å². The molecule has 0 aliphatic rings. The largest absolute Gasteiger partial charge is 0.493 e. The lowest BCUT2D eigenvalue weighted by molar-refractivity contribution is -0.118. The van der Waals surface area contributed by atoms with E-state index in [9.17, 15) is 9.59 Å². The van der Waals surface area contributed by atoms with Crippen molar-refractivity contribution in [2.45, 2.75) is 33.2 Å². The lowest BCUT2D eigenvalue weighted by Crippen LogP contribution is -2.47. The first-order chi connectivity index (χ1) is 13.5. The number of hydrogen-bond acceptors (Lipinski definition) is 4. The minimum absolute atomic E-state index is 0.110. The third kappa shape index (κ3) is 5.58. The molecule has 2 aromatic carbocycles. The van der Waals surface area contributed by atoms with E-state index >= 15 is 0 Å². The van der Waals surface area contributed by atoms with Gasteiger partial charge in [0.25, 0.3) is 5.91 Å². The Bertz CT molecular complexity index is 854. The topological polar surface area (TPSA) is 91.2 Å². The molecule has 0 bridgehead atoms. The van der Waals surface area contributed by atoms with Gasteiger partial charge >= 0.3 is 0 Å². The minimum atomic E-state index is -0.707. The smallest absolute Gasteiger partial charge is 0.255 e. The van der Waals surface area contributed by atoms with Gasteiger partial charge in [-0.25, -0.2) is 0 Å². The molecule has 0 heterocycles. The standard InChI is InChI=1S/C22H25N3O3/c1-4-28-19-8-6-5-7-18(19)21(26)25-20(15(2)3)22(27)24-17-11-9-16(10-12-17)13-14-23/h5-12,15,20H,4,13H2,1-3H3,(H,24,27)(H,25,26)/t20-/m0/s1. The number of nitrogens with one attached hydrogen (secondary N) is 2. The van der Waals surface area contributed by atoms with Crippen LogP contribution in [0.15, 0.2) is 48.5 Å². The highest BCUT2D eigenvalue weighted by Gasteiger charge is 2.26. The first-order valence-electron chi connectivity index (χ1n) is 9.25. The second kappa shape index (κ2) is 10.1. The molecule has 1 atom stereocenters. The Balaban J connectivity index is 2.11. The molecule has 2 aromatic rings. The van der Waals surface area contributed by atoms with Gasteiger partial charge in [0, 0.05) is 5.69 Å². The van der Waals surface area contributed by atoms with Gasteiger partial charge in [-0.2, -0.15) is 5.26 Å². The van der Waals surface area contributed by atoms with Gasteiger partial charge in [0.15, 0.2) is 0 Å². The number of rotatable bonds is 8. The van der Waals surface area contributed by atoms with Gasteiger partial charge in [-0.05, 0) is 42.7 Å². The Hall–Kier alpha value is -3.33. The van der Waals surface area contributed by atoms with Gasteiger partial charge in [0.05, 0.1) is 24.7 Å². The average Bonchev–Trinajstić information content (AvgIpc) is 2.68. The molecule has 6 heteroatoms. The van der Waals surface area contributed by atoms with Crippen LogP contribution in [0.5, 0.6) is 5.75 Å². The molecule has 0 aromatic heterocycles. The van der Waals surface area contributed by atoms with Crippen LogP contribution in [0.4, 0.5) is 5.69 Å². The predicted molar refractivity (Wildman–Crippen MR) is 108 cm³/mol. The Morgan fingerprint density at radius 1 is 1.11 bits per heavy atom. The van der Waals surface area contributed by atoms with Gasteiger partial charge in [-0.1, -0.05) is 38.1 Å². The van der Waals surface area contributed by atoms with Crippen LogP contribution < -0.4 is 15.4 Å². The first kappa shape index (κ1) is 21.0. The Morgan fingerprint density at radius 3 is 2.39 bits per heavy atom. The van der Waals surface area contributed by atoms with Crippen LogP contribution in [0.25, 0.3) is 0 Å². The summed E-state index contributed by atoms with van der Waals surface area (Å²) in [7, 11) is 0. The number of nitrogens with zero attached hydrogens (tertiary/aromatic N) is 1. The summed E-state index contributed by atoms with van der Waals surface area (Å²) in [6.45, 7) is 6.03. The Morgan fingerprint density at radius 2 is 1.79 bits per heavy atom. The van der Waals surface area contributed by atoms with Crippen molar-refractivity contribution in [2.24, 2.45) is 5.92 Å². The number of hydrogen-bond donors (Lipinski definition) is 2. The highest BCUT2D eigenvalue weighted by molar-refractivity contribution is 6.02. The normalized spacial score (nSPS) is 11.4. The van der Waals surface area contributed by atoms with Crippen LogP contribution in [0.2, 0.25) is 0 Å². The molecule has 6 nitrogen and oxygen atoms in total. The van der Waals surface area contributed by atoms with Crippen LogP contribution in [-0.4, -0.2) is 24.5 Å². The summed E-state index contributed by atoms with van der Waals surface area (Å²) >= 11 is 0. The number of carbonyl (C=O) groups is 2. The van der Waals surface area contributed by atoms with Crippen molar-refractivity contribution in [3.05, 3.63) is 59.7 Å². The highest BCUT2D eigenvalue weighted by atomic mass is 16.5. The lowest BCUT2D eigenvalue weighted by atomic mass is 10.0. The number of nitriles is 1. The van der Waals surface area contributed by atoms with Crippen molar-refractivity contribution in [3.8, 4) is 11.8 Å². The van der Waals surface area contributed by atoms with Crippen molar-refractivity contribution >= 4 is 17.5 Å². The number of anilines is 1. The third-order valence-electron chi connectivity index (χ3n) is 4.17. The van der Waals surface area contributed by atoms with Crippen molar-refractivity contribution in [2.75, 3.05) is 11.9 Å². The molecule has 2 rings (SSSR count). The molecule has 0 saturated heterocycles. The fourth-order valence-corrected chi connectivity index (χ4v) is 2.71. The molecule has 2 N–H and O–H groups in total. The van der Waals surface area contributed by atoms with E-state index < -0.39 is 6.04 Å². The SMILES string of the molecule is CCOc1ccccc1C(=O)N[C@H](C(=O)Nc1ccc(CC#N)cc1)C(C)C.